The van der Waals surface area contributed by atoms with Crippen molar-refractivity contribution in [2.45, 2.75) is 32.2 Å². The molecule has 1 aliphatic heterocycles. The lowest BCUT2D eigenvalue weighted by atomic mass is 9.80. The fourth-order valence-electron chi connectivity index (χ4n) is 1.58. The lowest BCUT2D eigenvalue weighted by Crippen LogP contribution is -2.53. The molecule has 1 amide bonds. The molecule has 0 aromatic heterocycles. The Labute approximate surface area is 95.4 Å². The summed E-state index contributed by atoms with van der Waals surface area (Å²) in [6.07, 6.45) is 0.827. The highest BCUT2D eigenvalue weighted by molar-refractivity contribution is 5.86. The number of hydrogen-bond donors (Lipinski definition) is 2. The van der Waals surface area contributed by atoms with Gasteiger partial charge in [-0.15, -0.1) is 0 Å². The van der Waals surface area contributed by atoms with Crippen molar-refractivity contribution in [3.63, 3.8) is 0 Å². The first-order valence-electron chi connectivity index (χ1n) is 5.38. The van der Waals surface area contributed by atoms with Crippen LogP contribution in [0.5, 0.6) is 0 Å². The van der Waals surface area contributed by atoms with Crippen LogP contribution in [0.3, 0.4) is 0 Å². The summed E-state index contributed by atoms with van der Waals surface area (Å²) >= 11 is 0. The van der Waals surface area contributed by atoms with Crippen molar-refractivity contribution >= 4 is 5.91 Å². The van der Waals surface area contributed by atoms with Gasteiger partial charge in [-0.1, -0.05) is 0 Å². The van der Waals surface area contributed by atoms with Crippen LogP contribution in [0.1, 0.15) is 26.7 Å². The van der Waals surface area contributed by atoms with Crippen LogP contribution in [0.2, 0.25) is 0 Å². The van der Waals surface area contributed by atoms with E-state index in [-0.39, 0.29) is 12.5 Å². The molecule has 16 heavy (non-hydrogen) atoms. The van der Waals surface area contributed by atoms with Crippen molar-refractivity contribution < 1.29 is 14.6 Å². The van der Waals surface area contributed by atoms with Gasteiger partial charge in [0.15, 0.2) is 0 Å². The third kappa shape index (κ3) is 2.71. The maximum absolute atomic E-state index is 12.0. The highest BCUT2D eigenvalue weighted by Gasteiger charge is 2.42. The summed E-state index contributed by atoms with van der Waals surface area (Å²) in [5.74, 6) is -0.308. The Kier molecular flexibility index (Phi) is 3.89. The van der Waals surface area contributed by atoms with Crippen molar-refractivity contribution in [1.82, 2.24) is 5.32 Å². The molecule has 0 aromatic carbocycles. The maximum atomic E-state index is 12.0. The van der Waals surface area contributed by atoms with Crippen molar-refractivity contribution in [3.05, 3.63) is 0 Å². The third-order valence-electron chi connectivity index (χ3n) is 2.84. The van der Waals surface area contributed by atoms with Crippen LogP contribution in [0.15, 0.2) is 0 Å². The second kappa shape index (κ2) is 4.81. The minimum Gasteiger partial charge on any atom is -0.394 e. The van der Waals surface area contributed by atoms with Crippen LogP contribution in [0.4, 0.5) is 0 Å². The zero-order valence-corrected chi connectivity index (χ0v) is 9.75. The number of hydrogen-bond acceptors (Lipinski definition) is 4. The molecule has 1 rings (SSSR count). The smallest absolute Gasteiger partial charge is 0.241 e. The minimum atomic E-state index is -0.995. The molecule has 0 aliphatic carbocycles. The van der Waals surface area contributed by atoms with Gasteiger partial charge in [-0.05, 0) is 26.7 Å². The van der Waals surface area contributed by atoms with Crippen molar-refractivity contribution in [3.8, 4) is 6.07 Å². The number of aliphatic hydroxyl groups is 1. The normalized spacial score (nSPS) is 19.9. The fraction of sp³-hybridized carbons (Fsp3) is 0.818. The molecule has 2 N–H and O–H groups in total. The summed E-state index contributed by atoms with van der Waals surface area (Å²) in [6, 6.07) is 2.09. The van der Waals surface area contributed by atoms with E-state index in [0.717, 1.165) is 0 Å². The number of amides is 1. The molecule has 5 nitrogen and oxygen atoms in total. The number of aliphatic hydroxyl groups excluding tert-OH is 1. The van der Waals surface area contributed by atoms with Crippen LogP contribution in [-0.2, 0) is 9.53 Å². The largest absolute Gasteiger partial charge is 0.394 e. The van der Waals surface area contributed by atoms with Crippen LogP contribution in [-0.4, -0.2) is 36.4 Å². The average molecular weight is 226 g/mol. The monoisotopic (exact) mass is 226 g/mol. The van der Waals surface area contributed by atoms with E-state index in [1.54, 1.807) is 13.8 Å². The molecule has 0 saturated carbocycles. The zero-order chi connectivity index (χ0) is 12.2. The van der Waals surface area contributed by atoms with Gasteiger partial charge < -0.3 is 15.2 Å². The first-order chi connectivity index (χ1) is 7.46. The van der Waals surface area contributed by atoms with Crippen LogP contribution < -0.4 is 5.32 Å². The minimum absolute atomic E-state index is 0.156. The predicted molar refractivity (Wildman–Crippen MR) is 57.4 cm³/mol. The predicted octanol–water partition coefficient (Wildman–Crippen LogP) is 0.194. The van der Waals surface area contributed by atoms with E-state index in [1.165, 1.54) is 0 Å². The number of carbonyl (C=O) groups excluding carboxylic acids is 1. The molecule has 0 atom stereocenters. The quantitative estimate of drug-likeness (QED) is 0.720. The third-order valence-corrected chi connectivity index (χ3v) is 2.84. The molecular weight excluding hydrogens is 208 g/mol. The number of nitrogens with zero attached hydrogens (tertiary/aromatic N) is 1. The van der Waals surface area contributed by atoms with Crippen molar-refractivity contribution in [2.75, 3.05) is 19.8 Å². The first-order valence-corrected chi connectivity index (χ1v) is 5.38. The van der Waals surface area contributed by atoms with E-state index < -0.39 is 11.0 Å². The Balaban J connectivity index is 2.74. The van der Waals surface area contributed by atoms with E-state index in [2.05, 4.69) is 11.4 Å². The van der Waals surface area contributed by atoms with E-state index >= 15 is 0 Å². The molecule has 1 saturated heterocycles. The number of carbonyl (C=O) groups is 1. The lowest BCUT2D eigenvalue weighted by Gasteiger charge is -2.33. The Morgan fingerprint density at radius 1 is 1.56 bits per heavy atom. The summed E-state index contributed by atoms with van der Waals surface area (Å²) in [4.78, 5) is 12.0. The first kappa shape index (κ1) is 12.9. The van der Waals surface area contributed by atoms with Gasteiger partial charge in [0.2, 0.25) is 5.91 Å². The Bertz CT molecular complexity index is 301. The van der Waals surface area contributed by atoms with Crippen LogP contribution in [0.25, 0.3) is 0 Å². The van der Waals surface area contributed by atoms with Gasteiger partial charge in [0.25, 0.3) is 0 Å². The second-order valence-electron chi connectivity index (χ2n) is 4.80. The molecular formula is C11H18N2O3. The van der Waals surface area contributed by atoms with Gasteiger partial charge in [-0.2, -0.15) is 5.26 Å². The van der Waals surface area contributed by atoms with Gasteiger partial charge in [0, 0.05) is 13.2 Å². The van der Waals surface area contributed by atoms with E-state index in [1.807, 2.05) is 0 Å². The average Bonchev–Trinajstić information content (AvgIpc) is 2.29. The molecule has 0 radical (unpaired) electrons. The molecule has 1 aliphatic rings. The highest BCUT2D eigenvalue weighted by Crippen LogP contribution is 2.30. The van der Waals surface area contributed by atoms with Crippen molar-refractivity contribution in [1.29, 1.82) is 5.26 Å². The standard InChI is InChI=1S/C11H18N2O3/c1-10(2,8-14)13-9(15)11(7-12)3-5-16-6-4-11/h14H,3-6,8H2,1-2H3,(H,13,15). The molecule has 5 heteroatoms. The van der Waals surface area contributed by atoms with Crippen LogP contribution >= 0.6 is 0 Å². The summed E-state index contributed by atoms with van der Waals surface area (Å²) in [6.45, 7) is 4.14. The molecule has 0 aromatic rings. The molecule has 0 bridgehead atoms. The Hall–Kier alpha value is -1.12. The number of nitriles is 1. The zero-order valence-electron chi connectivity index (χ0n) is 9.75. The van der Waals surface area contributed by atoms with Crippen LogP contribution in [0, 0.1) is 16.7 Å². The van der Waals surface area contributed by atoms with E-state index in [9.17, 15) is 4.79 Å². The molecule has 90 valence electrons. The number of ether oxygens (including phenoxy) is 1. The summed E-state index contributed by atoms with van der Waals surface area (Å²) < 4.78 is 5.15. The lowest BCUT2D eigenvalue weighted by molar-refractivity contribution is -0.134. The molecule has 0 spiro atoms. The van der Waals surface area contributed by atoms with Crippen molar-refractivity contribution in [2.24, 2.45) is 5.41 Å². The summed E-state index contributed by atoms with van der Waals surface area (Å²) in [5, 5.41) is 20.9. The Morgan fingerprint density at radius 2 is 2.12 bits per heavy atom. The highest BCUT2D eigenvalue weighted by atomic mass is 16.5. The van der Waals surface area contributed by atoms with Gasteiger partial charge in [0.05, 0.1) is 18.2 Å². The maximum Gasteiger partial charge on any atom is 0.241 e. The summed E-state index contributed by atoms with van der Waals surface area (Å²) in [7, 11) is 0. The van der Waals surface area contributed by atoms with Gasteiger partial charge in [-0.25, -0.2) is 0 Å². The number of rotatable bonds is 3. The SMILES string of the molecule is CC(C)(CO)NC(=O)C1(C#N)CCOCC1. The number of nitrogens with one attached hydrogen (secondary N) is 1. The second-order valence-corrected chi connectivity index (χ2v) is 4.80. The van der Waals surface area contributed by atoms with E-state index in [0.29, 0.717) is 26.1 Å². The molecule has 1 heterocycles. The van der Waals surface area contributed by atoms with E-state index in [4.69, 9.17) is 15.1 Å². The Morgan fingerprint density at radius 3 is 2.56 bits per heavy atom. The van der Waals surface area contributed by atoms with Gasteiger partial charge in [-0.3, -0.25) is 4.79 Å². The fourth-order valence-corrected chi connectivity index (χ4v) is 1.58. The molecule has 0 unspecified atom stereocenters. The topological polar surface area (TPSA) is 82.4 Å². The van der Waals surface area contributed by atoms with Gasteiger partial charge >= 0.3 is 0 Å². The summed E-state index contributed by atoms with van der Waals surface area (Å²) in [5.41, 5.74) is -1.69. The molecule has 1 fully saturated rings. The van der Waals surface area contributed by atoms with Gasteiger partial charge in [0.1, 0.15) is 5.41 Å².